The number of hydrogen-bond acceptors (Lipinski definition) is 6. The lowest BCUT2D eigenvalue weighted by atomic mass is 9.80. The van der Waals surface area contributed by atoms with Crippen molar-refractivity contribution in [3.8, 4) is 0 Å². The standard InChI is InChI=1S/C14H24N4OS/c1-2-11-13(20-18-17-11)12(16-15)10-5-8-19-14(9-10)6-3-4-7-14/h10,12,16H,2-9,15H2,1H3. The molecule has 3 N–H and O–H groups in total. The summed E-state index contributed by atoms with van der Waals surface area (Å²) in [6.07, 6.45) is 8.12. The van der Waals surface area contributed by atoms with Gasteiger partial charge in [-0.1, -0.05) is 24.3 Å². The maximum atomic E-state index is 6.13. The third-order valence-corrected chi connectivity index (χ3v) is 5.75. The van der Waals surface area contributed by atoms with Crippen LogP contribution in [0.15, 0.2) is 0 Å². The summed E-state index contributed by atoms with van der Waals surface area (Å²) >= 11 is 1.49. The van der Waals surface area contributed by atoms with Gasteiger partial charge in [0.1, 0.15) is 0 Å². The second-order valence-corrected chi connectivity index (χ2v) is 6.86. The number of hydrogen-bond donors (Lipinski definition) is 2. The predicted octanol–water partition coefficient (Wildman–Crippen LogP) is 2.34. The lowest BCUT2D eigenvalue weighted by Gasteiger charge is -2.41. The van der Waals surface area contributed by atoms with E-state index >= 15 is 0 Å². The lowest BCUT2D eigenvalue weighted by molar-refractivity contribution is -0.0981. The van der Waals surface area contributed by atoms with Gasteiger partial charge in [-0.2, -0.15) is 0 Å². The Morgan fingerprint density at radius 2 is 2.30 bits per heavy atom. The van der Waals surface area contributed by atoms with E-state index in [0.29, 0.717) is 5.92 Å². The van der Waals surface area contributed by atoms with Gasteiger partial charge in [-0.25, -0.2) is 0 Å². The van der Waals surface area contributed by atoms with Crippen LogP contribution in [0.1, 0.15) is 62.1 Å². The first-order valence-corrected chi connectivity index (χ1v) is 8.46. The molecule has 1 aliphatic heterocycles. The average Bonchev–Trinajstić information content (AvgIpc) is 3.10. The zero-order valence-electron chi connectivity index (χ0n) is 12.1. The van der Waals surface area contributed by atoms with Crippen molar-refractivity contribution in [2.75, 3.05) is 6.61 Å². The van der Waals surface area contributed by atoms with Gasteiger partial charge in [0.05, 0.1) is 22.2 Å². The molecule has 2 fully saturated rings. The van der Waals surface area contributed by atoms with Crippen LogP contribution in [0.25, 0.3) is 0 Å². The third-order valence-electron chi connectivity index (χ3n) is 4.90. The summed E-state index contributed by atoms with van der Waals surface area (Å²) in [5, 5.41) is 4.23. The summed E-state index contributed by atoms with van der Waals surface area (Å²) in [5.41, 5.74) is 4.25. The molecule has 1 saturated carbocycles. The zero-order chi connectivity index (χ0) is 14.0. The minimum atomic E-state index is 0.127. The zero-order valence-corrected chi connectivity index (χ0v) is 12.9. The minimum absolute atomic E-state index is 0.127. The molecule has 2 aliphatic rings. The van der Waals surface area contributed by atoms with Gasteiger partial charge in [0.2, 0.25) is 0 Å². The van der Waals surface area contributed by atoms with Gasteiger partial charge in [0, 0.05) is 6.61 Å². The topological polar surface area (TPSA) is 73.1 Å². The van der Waals surface area contributed by atoms with E-state index in [-0.39, 0.29) is 11.6 Å². The van der Waals surface area contributed by atoms with Crippen molar-refractivity contribution in [3.63, 3.8) is 0 Å². The van der Waals surface area contributed by atoms with Crippen LogP contribution in [0.3, 0.4) is 0 Å². The molecule has 0 aromatic carbocycles. The number of hydrazine groups is 1. The highest BCUT2D eigenvalue weighted by Gasteiger charge is 2.42. The van der Waals surface area contributed by atoms with Gasteiger partial charge in [-0.3, -0.25) is 11.3 Å². The fourth-order valence-electron chi connectivity index (χ4n) is 3.84. The van der Waals surface area contributed by atoms with Crippen LogP contribution in [0, 0.1) is 5.92 Å². The molecule has 0 amide bonds. The molecule has 2 unspecified atom stereocenters. The smallest absolute Gasteiger partial charge is 0.0801 e. The third kappa shape index (κ3) is 2.62. The van der Waals surface area contributed by atoms with Crippen LogP contribution in [-0.4, -0.2) is 21.8 Å². The van der Waals surface area contributed by atoms with Crippen molar-refractivity contribution < 1.29 is 4.74 Å². The first-order valence-electron chi connectivity index (χ1n) is 7.69. The van der Waals surface area contributed by atoms with Gasteiger partial charge < -0.3 is 4.74 Å². The van der Waals surface area contributed by atoms with E-state index in [1.165, 1.54) is 42.1 Å². The summed E-state index contributed by atoms with van der Waals surface area (Å²) < 4.78 is 10.2. The maximum Gasteiger partial charge on any atom is 0.0801 e. The van der Waals surface area contributed by atoms with Crippen molar-refractivity contribution >= 4 is 11.5 Å². The second kappa shape index (κ2) is 6.05. The van der Waals surface area contributed by atoms with Gasteiger partial charge in [0.25, 0.3) is 0 Å². The molecule has 2 atom stereocenters. The molecule has 5 nitrogen and oxygen atoms in total. The summed E-state index contributed by atoms with van der Waals surface area (Å²) in [7, 11) is 0. The summed E-state index contributed by atoms with van der Waals surface area (Å²) in [5.74, 6) is 6.39. The number of rotatable bonds is 4. The molecule has 20 heavy (non-hydrogen) atoms. The Balaban J connectivity index is 1.78. The largest absolute Gasteiger partial charge is 0.375 e. The van der Waals surface area contributed by atoms with Crippen molar-refractivity contribution in [1.29, 1.82) is 0 Å². The van der Waals surface area contributed by atoms with Gasteiger partial charge in [-0.05, 0) is 49.6 Å². The Hall–Kier alpha value is -0.560. The quantitative estimate of drug-likeness (QED) is 0.659. The van der Waals surface area contributed by atoms with E-state index < -0.39 is 0 Å². The van der Waals surface area contributed by atoms with Crippen LogP contribution >= 0.6 is 11.5 Å². The van der Waals surface area contributed by atoms with Crippen molar-refractivity contribution in [2.45, 2.75) is 63.5 Å². The number of nitrogens with one attached hydrogen (secondary N) is 1. The highest BCUT2D eigenvalue weighted by molar-refractivity contribution is 7.05. The monoisotopic (exact) mass is 296 g/mol. The Morgan fingerprint density at radius 1 is 1.50 bits per heavy atom. The van der Waals surface area contributed by atoms with E-state index in [0.717, 1.165) is 31.6 Å². The van der Waals surface area contributed by atoms with Crippen LogP contribution in [0.4, 0.5) is 0 Å². The Kier molecular flexibility index (Phi) is 4.35. The van der Waals surface area contributed by atoms with Crippen LogP contribution in [0.5, 0.6) is 0 Å². The number of aryl methyl sites for hydroxylation is 1. The Morgan fingerprint density at radius 3 is 3.00 bits per heavy atom. The maximum absolute atomic E-state index is 6.13. The molecule has 0 radical (unpaired) electrons. The van der Waals surface area contributed by atoms with E-state index in [1.807, 2.05) is 0 Å². The normalized spacial score (nSPS) is 27.0. The molecule has 1 spiro atoms. The van der Waals surface area contributed by atoms with E-state index in [4.69, 9.17) is 10.6 Å². The molecule has 2 heterocycles. The molecule has 6 heteroatoms. The highest BCUT2D eigenvalue weighted by atomic mass is 32.1. The fourth-order valence-corrected chi connectivity index (χ4v) is 4.73. The van der Waals surface area contributed by atoms with E-state index in [2.05, 4.69) is 21.9 Å². The Labute approximate surface area is 124 Å². The first kappa shape index (κ1) is 14.4. The first-order chi connectivity index (χ1) is 9.78. The SMILES string of the molecule is CCc1nnsc1C(NN)C1CCOC2(CCCC2)C1. The lowest BCUT2D eigenvalue weighted by Crippen LogP contribution is -2.43. The van der Waals surface area contributed by atoms with Gasteiger partial charge in [0.15, 0.2) is 0 Å². The number of nitrogens with zero attached hydrogens (tertiary/aromatic N) is 2. The van der Waals surface area contributed by atoms with E-state index in [9.17, 15) is 0 Å². The fraction of sp³-hybridized carbons (Fsp3) is 0.857. The molecular formula is C14H24N4OS. The van der Waals surface area contributed by atoms with Crippen molar-refractivity contribution in [1.82, 2.24) is 15.0 Å². The molecular weight excluding hydrogens is 272 g/mol. The molecule has 1 aliphatic carbocycles. The number of nitrogens with two attached hydrogens (primary N) is 1. The molecule has 0 bridgehead atoms. The highest BCUT2D eigenvalue weighted by Crippen LogP contribution is 2.45. The van der Waals surface area contributed by atoms with Gasteiger partial charge in [-0.15, -0.1) is 5.10 Å². The Bertz CT molecular complexity index is 444. The molecule has 112 valence electrons. The van der Waals surface area contributed by atoms with Crippen molar-refractivity contribution in [3.05, 3.63) is 10.6 Å². The van der Waals surface area contributed by atoms with Crippen LogP contribution in [0.2, 0.25) is 0 Å². The summed E-state index contributed by atoms with van der Waals surface area (Å²) in [6, 6.07) is 0.173. The second-order valence-electron chi connectivity index (χ2n) is 6.07. The summed E-state index contributed by atoms with van der Waals surface area (Å²) in [4.78, 5) is 1.22. The number of ether oxygens (including phenoxy) is 1. The molecule has 1 aromatic rings. The minimum Gasteiger partial charge on any atom is -0.375 e. The van der Waals surface area contributed by atoms with E-state index in [1.54, 1.807) is 0 Å². The average molecular weight is 296 g/mol. The van der Waals surface area contributed by atoms with Crippen molar-refractivity contribution in [2.24, 2.45) is 11.8 Å². The molecule has 1 saturated heterocycles. The number of aromatic nitrogens is 2. The van der Waals surface area contributed by atoms with Gasteiger partial charge >= 0.3 is 0 Å². The van der Waals surface area contributed by atoms with Crippen LogP contribution in [-0.2, 0) is 11.2 Å². The predicted molar refractivity (Wildman–Crippen MR) is 79.2 cm³/mol. The van der Waals surface area contributed by atoms with Crippen LogP contribution < -0.4 is 11.3 Å². The molecule has 1 aromatic heterocycles. The molecule has 3 rings (SSSR count). The summed E-state index contributed by atoms with van der Waals surface area (Å²) in [6.45, 7) is 2.98.